The van der Waals surface area contributed by atoms with Gasteiger partial charge >= 0.3 is 0 Å². The molecule has 0 fully saturated rings. The van der Waals surface area contributed by atoms with Gasteiger partial charge in [0.05, 0.1) is 11.2 Å². The van der Waals surface area contributed by atoms with Gasteiger partial charge in [0, 0.05) is 10.6 Å². The molecule has 0 aliphatic heterocycles. The van der Waals surface area contributed by atoms with Crippen molar-refractivity contribution in [2.75, 3.05) is 5.75 Å². The first-order valence-electron chi connectivity index (χ1n) is 4.58. The van der Waals surface area contributed by atoms with Crippen molar-refractivity contribution in [3.63, 3.8) is 0 Å². The molecule has 7 heteroatoms. The smallest absolute Gasteiger partial charge is 0.180 e. The summed E-state index contributed by atoms with van der Waals surface area (Å²) in [7, 11) is 0. The summed E-state index contributed by atoms with van der Waals surface area (Å²) < 4.78 is 0. The maximum absolute atomic E-state index is 5.95. The molecule has 3 nitrogen and oxygen atoms in total. The quantitative estimate of drug-likeness (QED) is 0.358. The van der Waals surface area contributed by atoms with E-state index in [9.17, 15) is 0 Å². The van der Waals surface area contributed by atoms with Gasteiger partial charge in [-0.15, -0.1) is 29.1 Å². The lowest BCUT2D eigenvalue weighted by Gasteiger charge is -1.97. The second-order valence-electron chi connectivity index (χ2n) is 2.78. The lowest BCUT2D eigenvalue weighted by Crippen LogP contribution is -2.05. The first kappa shape index (κ1) is 17.0. The third-order valence-electron chi connectivity index (χ3n) is 1.61. The molecule has 1 aromatic carbocycles. The predicted molar refractivity (Wildman–Crippen MR) is 89.2 cm³/mol. The monoisotopic (exact) mass is 403 g/mol. The van der Waals surface area contributed by atoms with E-state index in [4.69, 9.17) is 28.9 Å². The van der Waals surface area contributed by atoms with Gasteiger partial charge in [-0.3, -0.25) is 0 Å². The molecule has 1 aromatic rings. The Balaban J connectivity index is 0.00000256. The third-order valence-corrected chi connectivity index (χ3v) is 2.84. The molecule has 0 radical (unpaired) electrons. The number of halogens is 3. The Bertz CT molecular complexity index is 424. The van der Waals surface area contributed by atoms with Gasteiger partial charge in [0.15, 0.2) is 5.17 Å². The molecule has 0 aliphatic carbocycles. The molecular formula is C10H12Cl2IN3S. The molecule has 0 saturated heterocycles. The van der Waals surface area contributed by atoms with Crippen molar-refractivity contribution in [3.05, 3.63) is 33.8 Å². The van der Waals surface area contributed by atoms with Gasteiger partial charge in [-0.1, -0.05) is 48.0 Å². The summed E-state index contributed by atoms with van der Waals surface area (Å²) >= 11 is 13.1. The topological polar surface area (TPSA) is 50.7 Å². The van der Waals surface area contributed by atoms with Gasteiger partial charge in [-0.2, -0.15) is 5.10 Å². The van der Waals surface area contributed by atoms with E-state index in [2.05, 4.69) is 10.2 Å². The summed E-state index contributed by atoms with van der Waals surface area (Å²) in [6.45, 7) is 1.99. The van der Waals surface area contributed by atoms with Crippen molar-refractivity contribution in [1.82, 2.24) is 0 Å². The van der Waals surface area contributed by atoms with E-state index in [-0.39, 0.29) is 24.0 Å². The summed E-state index contributed by atoms with van der Waals surface area (Å²) in [6, 6.07) is 5.16. The summed E-state index contributed by atoms with van der Waals surface area (Å²) in [4.78, 5) is 0. The fraction of sp³-hybridized carbons (Fsp3) is 0.200. The zero-order valence-corrected chi connectivity index (χ0v) is 13.7. The Hall–Kier alpha value is 0.0200. The van der Waals surface area contributed by atoms with E-state index >= 15 is 0 Å². The zero-order chi connectivity index (χ0) is 12.0. The van der Waals surface area contributed by atoms with Crippen LogP contribution in [0.25, 0.3) is 0 Å². The number of amidine groups is 1. The minimum atomic E-state index is 0. The normalized spacial score (nSPS) is 11.6. The van der Waals surface area contributed by atoms with Crippen molar-refractivity contribution < 1.29 is 0 Å². The van der Waals surface area contributed by atoms with Crippen LogP contribution in [0.4, 0.5) is 0 Å². The number of nitrogens with zero attached hydrogens (tertiary/aromatic N) is 2. The van der Waals surface area contributed by atoms with Crippen LogP contribution in [0.3, 0.4) is 0 Å². The van der Waals surface area contributed by atoms with Crippen LogP contribution < -0.4 is 5.73 Å². The van der Waals surface area contributed by atoms with Gasteiger partial charge in [0.1, 0.15) is 0 Å². The standard InChI is InChI=1S/C10H11Cl2N3S.HI/c1-2-16-10(13)15-14-6-7-3-4-8(11)5-9(7)12;/h3-6H,2H2,1H3,(H2,13,15);1H/b14-6+;. The average molecular weight is 404 g/mol. The maximum Gasteiger partial charge on any atom is 0.180 e. The van der Waals surface area contributed by atoms with E-state index in [0.717, 1.165) is 11.3 Å². The molecule has 0 bridgehead atoms. The molecule has 0 heterocycles. The van der Waals surface area contributed by atoms with Crippen LogP contribution in [0.1, 0.15) is 12.5 Å². The molecule has 0 unspecified atom stereocenters. The lowest BCUT2D eigenvalue weighted by atomic mass is 10.2. The van der Waals surface area contributed by atoms with Gasteiger partial charge in [0.2, 0.25) is 0 Å². The number of nitrogens with two attached hydrogens (primary N) is 1. The first-order chi connectivity index (χ1) is 7.63. The second kappa shape index (κ2) is 9.02. The minimum Gasteiger partial charge on any atom is -0.377 e. The van der Waals surface area contributed by atoms with Gasteiger partial charge in [-0.25, -0.2) is 0 Å². The van der Waals surface area contributed by atoms with E-state index in [1.807, 2.05) is 6.92 Å². The van der Waals surface area contributed by atoms with E-state index < -0.39 is 0 Å². The van der Waals surface area contributed by atoms with Gasteiger partial charge < -0.3 is 5.73 Å². The Labute approximate surface area is 132 Å². The number of hydrogen-bond acceptors (Lipinski definition) is 3. The Morgan fingerprint density at radius 1 is 1.47 bits per heavy atom. The number of hydrogen-bond donors (Lipinski definition) is 1. The number of thioether (sulfide) groups is 1. The van der Waals surface area contributed by atoms with Crippen molar-refractivity contribution in [1.29, 1.82) is 0 Å². The molecule has 94 valence electrons. The minimum absolute atomic E-state index is 0. The maximum atomic E-state index is 5.95. The number of rotatable bonds is 3. The molecule has 0 amide bonds. The van der Waals surface area contributed by atoms with E-state index in [1.54, 1.807) is 24.4 Å². The van der Waals surface area contributed by atoms with Crippen LogP contribution >= 0.6 is 58.9 Å². The van der Waals surface area contributed by atoms with Crippen molar-refractivity contribution in [2.45, 2.75) is 6.92 Å². The van der Waals surface area contributed by atoms with Crippen molar-refractivity contribution in [3.8, 4) is 0 Å². The second-order valence-corrected chi connectivity index (χ2v) is 4.91. The average Bonchev–Trinajstić information content (AvgIpc) is 2.22. The molecule has 0 aromatic heterocycles. The third kappa shape index (κ3) is 6.49. The van der Waals surface area contributed by atoms with Crippen LogP contribution in [0.2, 0.25) is 10.0 Å². The number of benzene rings is 1. The highest BCUT2D eigenvalue weighted by atomic mass is 127. The lowest BCUT2D eigenvalue weighted by molar-refractivity contribution is 1.25. The predicted octanol–water partition coefficient (Wildman–Crippen LogP) is 4.01. The van der Waals surface area contributed by atoms with Gasteiger partial charge in [0.25, 0.3) is 0 Å². The highest BCUT2D eigenvalue weighted by Crippen LogP contribution is 2.19. The summed E-state index contributed by atoms with van der Waals surface area (Å²) in [5, 5.41) is 9.21. The van der Waals surface area contributed by atoms with Gasteiger partial charge in [-0.05, 0) is 17.9 Å². The van der Waals surface area contributed by atoms with Crippen LogP contribution in [0.5, 0.6) is 0 Å². The molecule has 0 aliphatic rings. The van der Waals surface area contributed by atoms with Crippen LogP contribution in [0.15, 0.2) is 28.4 Å². The molecule has 0 atom stereocenters. The molecule has 0 saturated carbocycles. The Morgan fingerprint density at radius 3 is 2.76 bits per heavy atom. The summed E-state index contributed by atoms with van der Waals surface area (Å²) in [5.74, 6) is 0.868. The molecular weight excluding hydrogens is 392 g/mol. The van der Waals surface area contributed by atoms with E-state index in [1.165, 1.54) is 11.8 Å². The highest BCUT2D eigenvalue weighted by molar-refractivity contribution is 14.0. The van der Waals surface area contributed by atoms with Crippen LogP contribution in [-0.2, 0) is 0 Å². The fourth-order valence-corrected chi connectivity index (χ4v) is 1.79. The molecule has 2 N–H and O–H groups in total. The fourth-order valence-electron chi connectivity index (χ4n) is 0.931. The zero-order valence-electron chi connectivity index (χ0n) is 9.06. The van der Waals surface area contributed by atoms with Crippen LogP contribution in [-0.4, -0.2) is 17.1 Å². The molecule has 17 heavy (non-hydrogen) atoms. The summed E-state index contributed by atoms with van der Waals surface area (Å²) in [6.07, 6.45) is 1.54. The molecule has 1 rings (SSSR count). The highest BCUT2D eigenvalue weighted by Gasteiger charge is 1.97. The van der Waals surface area contributed by atoms with Crippen LogP contribution in [0, 0.1) is 0 Å². The van der Waals surface area contributed by atoms with Crippen molar-refractivity contribution in [2.24, 2.45) is 15.9 Å². The van der Waals surface area contributed by atoms with E-state index in [0.29, 0.717) is 15.2 Å². The largest absolute Gasteiger partial charge is 0.377 e. The molecule has 0 spiro atoms. The van der Waals surface area contributed by atoms with Crippen molar-refractivity contribution >= 4 is 70.3 Å². The first-order valence-corrected chi connectivity index (χ1v) is 6.32. The Kier molecular flexibility index (Phi) is 9.03. The Morgan fingerprint density at radius 2 is 2.18 bits per heavy atom. The summed E-state index contributed by atoms with van der Waals surface area (Å²) in [5.41, 5.74) is 6.31. The SMILES string of the molecule is CCSC(N)=N/N=C/c1ccc(Cl)cc1Cl.I.